The van der Waals surface area contributed by atoms with E-state index >= 15 is 0 Å². The number of amides is 2. The molecule has 104 valence electrons. The number of hydrogen-bond acceptors (Lipinski definition) is 4. The van der Waals surface area contributed by atoms with Crippen LogP contribution >= 0.6 is 0 Å². The maximum atomic E-state index is 11.5. The number of carboxylic acid groups (broad SMARTS) is 1. The second-order valence-corrected chi connectivity index (χ2v) is 5.16. The number of aliphatic carboxylic acids is 1. The van der Waals surface area contributed by atoms with Crippen molar-refractivity contribution in [3.05, 3.63) is 0 Å². The summed E-state index contributed by atoms with van der Waals surface area (Å²) in [5.74, 6) is -2.11. The summed E-state index contributed by atoms with van der Waals surface area (Å²) in [6, 6.07) is -1.01. The third kappa shape index (κ3) is 6.22. The predicted octanol–water partition coefficient (Wildman–Crippen LogP) is -0.816. The Labute approximate surface area is 107 Å². The van der Waals surface area contributed by atoms with E-state index in [9.17, 15) is 19.5 Å². The molecule has 6 heteroatoms. The number of carboxylic acids is 1. The Morgan fingerprint density at radius 2 is 1.78 bits per heavy atom. The van der Waals surface area contributed by atoms with Crippen molar-refractivity contribution in [2.75, 3.05) is 6.54 Å². The molecule has 0 unspecified atom stereocenters. The highest BCUT2D eigenvalue weighted by Gasteiger charge is 2.21. The highest BCUT2D eigenvalue weighted by Crippen LogP contribution is 2.11. The van der Waals surface area contributed by atoms with Gasteiger partial charge in [0, 0.05) is 5.41 Å². The second-order valence-electron chi connectivity index (χ2n) is 5.16. The summed E-state index contributed by atoms with van der Waals surface area (Å²) in [5.41, 5.74) is -0.586. The zero-order chi connectivity index (χ0) is 14.3. The van der Waals surface area contributed by atoms with Crippen molar-refractivity contribution in [3.8, 4) is 0 Å². The highest BCUT2D eigenvalue weighted by atomic mass is 16.4. The van der Waals surface area contributed by atoms with E-state index in [0.717, 1.165) is 0 Å². The molecule has 0 aromatic rings. The quantitative estimate of drug-likeness (QED) is 0.649. The molecule has 0 radical (unpaired) electrons. The minimum absolute atomic E-state index is 0.233. The number of nitrogens with one attached hydrogen (secondary N) is 2. The summed E-state index contributed by atoms with van der Waals surface area (Å²) in [4.78, 5) is 33.7. The number of carbonyl (C=O) groups excluding carboxylic acids is 3. The molecule has 0 rings (SSSR count). The van der Waals surface area contributed by atoms with Crippen LogP contribution < -0.4 is 15.7 Å². The summed E-state index contributed by atoms with van der Waals surface area (Å²) < 4.78 is 0. The molecule has 2 N–H and O–H groups in total. The normalized spacial score (nSPS) is 12.7. The summed E-state index contributed by atoms with van der Waals surface area (Å²) in [6.07, 6.45) is 0.925. The average molecular weight is 257 g/mol. The van der Waals surface area contributed by atoms with Crippen molar-refractivity contribution >= 4 is 17.8 Å². The van der Waals surface area contributed by atoms with Crippen LogP contribution in [0.3, 0.4) is 0 Å². The van der Waals surface area contributed by atoms with Gasteiger partial charge in [0.15, 0.2) is 0 Å². The van der Waals surface area contributed by atoms with Crippen molar-refractivity contribution in [1.82, 2.24) is 10.6 Å². The molecule has 2 amide bonds. The molecule has 0 aromatic carbocycles. The lowest BCUT2D eigenvalue weighted by atomic mass is 9.96. The van der Waals surface area contributed by atoms with Crippen LogP contribution in [0, 0.1) is 5.41 Å². The van der Waals surface area contributed by atoms with E-state index in [1.165, 1.54) is 0 Å². The van der Waals surface area contributed by atoms with Crippen molar-refractivity contribution in [2.24, 2.45) is 5.41 Å². The molecule has 0 bridgehead atoms. The minimum atomic E-state index is -1.31. The van der Waals surface area contributed by atoms with Crippen LogP contribution in [-0.2, 0) is 14.4 Å². The zero-order valence-electron chi connectivity index (χ0n) is 11.3. The summed E-state index contributed by atoms with van der Waals surface area (Å²) in [7, 11) is 0. The fourth-order valence-corrected chi connectivity index (χ4v) is 1.21. The van der Waals surface area contributed by atoms with E-state index in [4.69, 9.17) is 0 Å². The lowest BCUT2D eigenvalue weighted by Crippen LogP contribution is -2.51. The molecule has 0 aliphatic rings. The van der Waals surface area contributed by atoms with Gasteiger partial charge in [0.25, 0.3) is 0 Å². The topological polar surface area (TPSA) is 98.3 Å². The van der Waals surface area contributed by atoms with Crippen LogP contribution in [0.5, 0.6) is 0 Å². The molecule has 0 saturated carbocycles. The van der Waals surface area contributed by atoms with Gasteiger partial charge in [-0.15, -0.1) is 0 Å². The van der Waals surface area contributed by atoms with E-state index in [2.05, 4.69) is 10.6 Å². The fraction of sp³-hybridized carbons (Fsp3) is 0.750. The molecule has 0 fully saturated rings. The van der Waals surface area contributed by atoms with Gasteiger partial charge in [0.2, 0.25) is 11.8 Å². The summed E-state index contributed by atoms with van der Waals surface area (Å²) in [6.45, 7) is 6.75. The van der Waals surface area contributed by atoms with Crippen molar-refractivity contribution in [2.45, 2.75) is 46.6 Å². The van der Waals surface area contributed by atoms with E-state index in [0.29, 0.717) is 12.8 Å². The lowest BCUT2D eigenvalue weighted by Gasteiger charge is -2.20. The molecular weight excluding hydrogens is 236 g/mol. The Bertz CT molecular complexity index is 321. The van der Waals surface area contributed by atoms with E-state index in [1.807, 2.05) is 6.92 Å². The molecule has 0 aromatic heterocycles. The molecule has 6 nitrogen and oxygen atoms in total. The SMILES string of the molecule is CCC[C@@H](NC(=O)CNC(=O)C(C)(C)C)C(=O)[O-]. The third-order valence-corrected chi connectivity index (χ3v) is 2.29. The molecule has 0 spiro atoms. The van der Waals surface area contributed by atoms with Crippen molar-refractivity contribution < 1.29 is 19.5 Å². The lowest BCUT2D eigenvalue weighted by molar-refractivity contribution is -0.308. The predicted molar refractivity (Wildman–Crippen MR) is 64.3 cm³/mol. The molecule has 0 aliphatic heterocycles. The Morgan fingerprint density at radius 3 is 2.17 bits per heavy atom. The Kier molecular flexibility index (Phi) is 6.36. The van der Waals surface area contributed by atoms with Crippen molar-refractivity contribution in [1.29, 1.82) is 0 Å². The molecule has 1 atom stereocenters. The van der Waals surface area contributed by atoms with Gasteiger partial charge in [-0.05, 0) is 6.42 Å². The fourth-order valence-electron chi connectivity index (χ4n) is 1.21. The van der Waals surface area contributed by atoms with Crippen LogP contribution in [0.4, 0.5) is 0 Å². The van der Waals surface area contributed by atoms with Crippen LogP contribution in [0.25, 0.3) is 0 Å². The first-order valence-electron chi connectivity index (χ1n) is 5.97. The first-order chi connectivity index (χ1) is 8.18. The second kappa shape index (κ2) is 6.98. The summed E-state index contributed by atoms with van der Waals surface area (Å²) >= 11 is 0. The maximum absolute atomic E-state index is 11.5. The highest BCUT2D eigenvalue weighted by molar-refractivity contribution is 5.89. The van der Waals surface area contributed by atoms with Crippen LogP contribution in [0.15, 0.2) is 0 Å². The van der Waals surface area contributed by atoms with E-state index < -0.39 is 23.3 Å². The van der Waals surface area contributed by atoms with E-state index in [-0.39, 0.29) is 12.5 Å². The first-order valence-corrected chi connectivity index (χ1v) is 5.97. The molecule has 0 aliphatic carbocycles. The first kappa shape index (κ1) is 16.4. The van der Waals surface area contributed by atoms with Gasteiger partial charge >= 0.3 is 0 Å². The maximum Gasteiger partial charge on any atom is 0.239 e. The standard InChI is InChI=1S/C12H22N2O4/c1-5-6-8(10(16)17)14-9(15)7-13-11(18)12(2,3)4/h8H,5-7H2,1-4H3,(H,13,18)(H,14,15)(H,16,17)/p-1/t8-/m1/s1. The number of hydrogen-bond donors (Lipinski definition) is 2. The van der Waals surface area contributed by atoms with Crippen LogP contribution in [0.1, 0.15) is 40.5 Å². The Morgan fingerprint density at radius 1 is 1.22 bits per heavy atom. The van der Waals surface area contributed by atoms with E-state index in [1.54, 1.807) is 20.8 Å². The van der Waals surface area contributed by atoms with Gasteiger partial charge in [-0.1, -0.05) is 34.1 Å². The minimum Gasteiger partial charge on any atom is -0.548 e. The van der Waals surface area contributed by atoms with Gasteiger partial charge in [-0.3, -0.25) is 9.59 Å². The smallest absolute Gasteiger partial charge is 0.239 e. The third-order valence-electron chi connectivity index (χ3n) is 2.29. The van der Waals surface area contributed by atoms with Gasteiger partial charge in [0.1, 0.15) is 0 Å². The molecular formula is C12H21N2O4-. The Balaban J connectivity index is 4.18. The van der Waals surface area contributed by atoms with Crippen LogP contribution in [0.2, 0.25) is 0 Å². The monoisotopic (exact) mass is 257 g/mol. The zero-order valence-corrected chi connectivity index (χ0v) is 11.3. The van der Waals surface area contributed by atoms with Gasteiger partial charge < -0.3 is 20.5 Å². The Hall–Kier alpha value is -1.59. The molecule has 18 heavy (non-hydrogen) atoms. The molecule has 0 heterocycles. The van der Waals surface area contributed by atoms with Crippen LogP contribution in [-0.4, -0.2) is 30.4 Å². The van der Waals surface area contributed by atoms with Crippen molar-refractivity contribution in [3.63, 3.8) is 0 Å². The largest absolute Gasteiger partial charge is 0.548 e. The van der Waals surface area contributed by atoms with Gasteiger partial charge in [-0.25, -0.2) is 0 Å². The van der Waals surface area contributed by atoms with Gasteiger partial charge in [-0.2, -0.15) is 0 Å². The number of rotatable bonds is 6. The average Bonchev–Trinajstić information content (AvgIpc) is 2.23. The number of carbonyl (C=O) groups is 3. The summed E-state index contributed by atoms with van der Waals surface area (Å²) in [5, 5.41) is 15.5. The molecule has 0 saturated heterocycles. The van der Waals surface area contributed by atoms with Gasteiger partial charge in [0.05, 0.1) is 18.6 Å².